The minimum Gasteiger partial charge on any atom is -0.478 e. The Morgan fingerprint density at radius 2 is 2.25 bits per heavy atom. The summed E-state index contributed by atoms with van der Waals surface area (Å²) in [7, 11) is 0. The van der Waals surface area contributed by atoms with Crippen LogP contribution in [-0.2, 0) is 0 Å². The quantitative estimate of drug-likeness (QED) is 0.872. The topological polar surface area (TPSA) is 55.1 Å². The van der Waals surface area contributed by atoms with Crippen LogP contribution in [0, 0.1) is 6.92 Å². The van der Waals surface area contributed by atoms with Crippen LogP contribution in [0.5, 0.6) is 0 Å². The second kappa shape index (κ2) is 3.98. The highest BCUT2D eigenvalue weighted by molar-refractivity contribution is 6.33. The van der Waals surface area contributed by atoms with Gasteiger partial charge in [0, 0.05) is 6.20 Å². The zero-order valence-corrected chi connectivity index (χ0v) is 9.27. The third-order valence-corrected chi connectivity index (χ3v) is 2.46. The molecule has 0 unspecified atom stereocenters. The first kappa shape index (κ1) is 10.7. The first-order chi connectivity index (χ1) is 7.59. The summed E-state index contributed by atoms with van der Waals surface area (Å²) in [6.07, 6.45) is 3.38. The van der Waals surface area contributed by atoms with Crippen LogP contribution in [-0.4, -0.2) is 20.9 Å². The average Bonchev–Trinajstić information content (AvgIpc) is 2.64. The molecule has 0 spiro atoms. The second-order valence-electron chi connectivity index (χ2n) is 3.40. The number of carboxylic acids is 1. The lowest BCUT2D eigenvalue weighted by atomic mass is 10.2. The van der Waals surface area contributed by atoms with Crippen molar-refractivity contribution in [2.24, 2.45) is 0 Å². The summed E-state index contributed by atoms with van der Waals surface area (Å²) < 4.78 is 1.47. The van der Waals surface area contributed by atoms with Gasteiger partial charge in [0.15, 0.2) is 0 Å². The molecule has 4 nitrogen and oxygen atoms in total. The van der Waals surface area contributed by atoms with Crippen molar-refractivity contribution in [3.05, 3.63) is 46.7 Å². The van der Waals surface area contributed by atoms with E-state index in [4.69, 9.17) is 16.7 Å². The Bertz CT molecular complexity index is 549. The molecule has 0 bridgehead atoms. The molecular weight excluding hydrogens is 228 g/mol. The highest BCUT2D eigenvalue weighted by atomic mass is 35.5. The minimum absolute atomic E-state index is 0.135. The lowest BCUT2D eigenvalue weighted by molar-refractivity contribution is 0.0696. The molecule has 0 saturated heterocycles. The fraction of sp³-hybridized carbons (Fsp3) is 0.0909. The van der Waals surface area contributed by atoms with E-state index in [1.165, 1.54) is 10.7 Å². The predicted molar refractivity (Wildman–Crippen MR) is 60.3 cm³/mol. The van der Waals surface area contributed by atoms with Crippen molar-refractivity contribution in [1.82, 2.24) is 9.78 Å². The number of rotatable bonds is 2. The highest BCUT2D eigenvalue weighted by Crippen LogP contribution is 2.24. The number of aromatic nitrogens is 2. The van der Waals surface area contributed by atoms with Crippen molar-refractivity contribution >= 4 is 17.6 Å². The Labute approximate surface area is 97.1 Å². The van der Waals surface area contributed by atoms with Crippen LogP contribution in [0.3, 0.4) is 0 Å². The van der Waals surface area contributed by atoms with Gasteiger partial charge in [0.25, 0.3) is 0 Å². The predicted octanol–water partition coefficient (Wildman–Crippen LogP) is 2.53. The van der Waals surface area contributed by atoms with Gasteiger partial charge in [-0.3, -0.25) is 0 Å². The number of aromatic carboxylic acids is 1. The Kier molecular flexibility index (Phi) is 2.66. The molecule has 2 aromatic rings. The van der Waals surface area contributed by atoms with Crippen LogP contribution < -0.4 is 0 Å². The molecule has 0 aliphatic heterocycles. The lowest BCUT2D eigenvalue weighted by Crippen LogP contribution is -2.06. The van der Waals surface area contributed by atoms with Crippen LogP contribution in [0.1, 0.15) is 15.9 Å². The standard InChI is InChI=1S/C11H9ClN2O2/c1-7-5-13-14(6-7)10-8(11(15)16)3-2-4-9(10)12/h2-6H,1H3,(H,15,16). The summed E-state index contributed by atoms with van der Waals surface area (Å²) in [6.45, 7) is 1.88. The average molecular weight is 237 g/mol. The summed E-state index contributed by atoms with van der Waals surface area (Å²) in [5.74, 6) is -1.02. The number of carbonyl (C=O) groups is 1. The Morgan fingerprint density at radius 1 is 1.50 bits per heavy atom. The van der Waals surface area contributed by atoms with E-state index in [2.05, 4.69) is 5.10 Å². The van der Waals surface area contributed by atoms with E-state index in [9.17, 15) is 4.79 Å². The van der Waals surface area contributed by atoms with E-state index in [0.717, 1.165) is 5.56 Å². The maximum atomic E-state index is 11.1. The summed E-state index contributed by atoms with van der Waals surface area (Å²) in [5.41, 5.74) is 1.47. The Hall–Kier alpha value is -1.81. The fourth-order valence-electron chi connectivity index (χ4n) is 1.46. The van der Waals surface area contributed by atoms with Gasteiger partial charge in [0.2, 0.25) is 0 Å². The van der Waals surface area contributed by atoms with E-state index in [0.29, 0.717) is 10.7 Å². The maximum Gasteiger partial charge on any atom is 0.337 e. The van der Waals surface area contributed by atoms with Crippen LogP contribution in [0.4, 0.5) is 0 Å². The van der Waals surface area contributed by atoms with Crippen molar-refractivity contribution in [1.29, 1.82) is 0 Å². The molecule has 0 saturated carbocycles. The van der Waals surface area contributed by atoms with Gasteiger partial charge in [-0.05, 0) is 24.6 Å². The van der Waals surface area contributed by atoms with Gasteiger partial charge >= 0.3 is 5.97 Å². The van der Waals surface area contributed by atoms with E-state index in [1.54, 1.807) is 24.5 Å². The number of nitrogens with zero attached hydrogens (tertiary/aromatic N) is 2. The molecule has 1 N–H and O–H groups in total. The minimum atomic E-state index is -1.02. The fourth-order valence-corrected chi connectivity index (χ4v) is 1.72. The SMILES string of the molecule is Cc1cnn(-c2c(Cl)cccc2C(=O)O)c1. The molecule has 1 heterocycles. The molecule has 0 fully saturated rings. The summed E-state index contributed by atoms with van der Waals surface area (Å²) in [6, 6.07) is 4.74. The second-order valence-corrected chi connectivity index (χ2v) is 3.81. The molecule has 0 radical (unpaired) electrons. The Balaban J connectivity index is 2.67. The molecule has 1 aromatic carbocycles. The van der Waals surface area contributed by atoms with Gasteiger partial charge < -0.3 is 5.11 Å². The smallest absolute Gasteiger partial charge is 0.337 e. The largest absolute Gasteiger partial charge is 0.478 e. The molecule has 5 heteroatoms. The number of hydrogen-bond acceptors (Lipinski definition) is 2. The lowest BCUT2D eigenvalue weighted by Gasteiger charge is -2.07. The molecule has 82 valence electrons. The van der Waals surface area contributed by atoms with Gasteiger partial charge in [0.05, 0.1) is 22.5 Å². The molecule has 0 atom stereocenters. The molecule has 0 amide bonds. The molecule has 0 aliphatic rings. The van der Waals surface area contributed by atoms with E-state index >= 15 is 0 Å². The van der Waals surface area contributed by atoms with Gasteiger partial charge in [0.1, 0.15) is 0 Å². The van der Waals surface area contributed by atoms with Gasteiger partial charge in [-0.15, -0.1) is 0 Å². The normalized spacial score (nSPS) is 10.4. The van der Waals surface area contributed by atoms with Crippen LogP contribution in [0.15, 0.2) is 30.6 Å². The van der Waals surface area contributed by atoms with E-state index < -0.39 is 5.97 Å². The number of para-hydroxylation sites is 1. The van der Waals surface area contributed by atoms with Gasteiger partial charge in [-0.25, -0.2) is 9.48 Å². The molecular formula is C11H9ClN2O2. The summed E-state index contributed by atoms with van der Waals surface area (Å²) >= 11 is 5.99. The van der Waals surface area contributed by atoms with Crippen molar-refractivity contribution < 1.29 is 9.90 Å². The number of halogens is 1. The van der Waals surface area contributed by atoms with Crippen LogP contribution >= 0.6 is 11.6 Å². The third-order valence-electron chi connectivity index (χ3n) is 2.16. The number of carboxylic acid groups (broad SMARTS) is 1. The van der Waals surface area contributed by atoms with E-state index in [-0.39, 0.29) is 5.56 Å². The van der Waals surface area contributed by atoms with Crippen LogP contribution in [0.25, 0.3) is 5.69 Å². The molecule has 2 rings (SSSR count). The zero-order chi connectivity index (χ0) is 11.7. The summed E-state index contributed by atoms with van der Waals surface area (Å²) in [5, 5.41) is 13.5. The highest BCUT2D eigenvalue weighted by Gasteiger charge is 2.15. The number of hydrogen-bond donors (Lipinski definition) is 1. The van der Waals surface area contributed by atoms with Crippen molar-refractivity contribution in [3.8, 4) is 5.69 Å². The molecule has 16 heavy (non-hydrogen) atoms. The van der Waals surface area contributed by atoms with Crippen molar-refractivity contribution in [2.45, 2.75) is 6.92 Å². The first-order valence-electron chi connectivity index (χ1n) is 4.63. The number of aryl methyl sites for hydroxylation is 1. The maximum absolute atomic E-state index is 11.1. The Morgan fingerprint density at radius 3 is 2.81 bits per heavy atom. The molecule has 0 aliphatic carbocycles. The summed E-state index contributed by atoms with van der Waals surface area (Å²) in [4.78, 5) is 11.1. The van der Waals surface area contributed by atoms with Crippen molar-refractivity contribution in [2.75, 3.05) is 0 Å². The monoisotopic (exact) mass is 236 g/mol. The van der Waals surface area contributed by atoms with Crippen LogP contribution in [0.2, 0.25) is 5.02 Å². The zero-order valence-electron chi connectivity index (χ0n) is 8.51. The van der Waals surface area contributed by atoms with Crippen molar-refractivity contribution in [3.63, 3.8) is 0 Å². The third kappa shape index (κ3) is 1.79. The van der Waals surface area contributed by atoms with Gasteiger partial charge in [-0.1, -0.05) is 17.7 Å². The van der Waals surface area contributed by atoms with E-state index in [1.807, 2.05) is 6.92 Å². The first-order valence-corrected chi connectivity index (χ1v) is 5.01. The van der Waals surface area contributed by atoms with Gasteiger partial charge in [-0.2, -0.15) is 5.10 Å². The number of benzene rings is 1. The molecule has 1 aromatic heterocycles.